The number of aromatic nitrogens is 4. The standard InChI is InChI=1S/C26H26N6O/c1-26(2,17-27)20-6-9-22(10-7-20)32-24(16-31(4)25(32)33)23-13-18(11-12-29-23)19-5-8-21(15-28-3)30-14-19/h5-14,16,28H,15H2,1-4H3. The zero-order valence-electron chi connectivity index (χ0n) is 19.2. The van der Waals surface area contributed by atoms with Crippen molar-refractivity contribution in [3.8, 4) is 34.3 Å². The molecule has 0 atom stereocenters. The van der Waals surface area contributed by atoms with Crippen molar-refractivity contribution < 1.29 is 0 Å². The van der Waals surface area contributed by atoms with Gasteiger partial charge in [0, 0.05) is 37.7 Å². The summed E-state index contributed by atoms with van der Waals surface area (Å²) in [4.78, 5) is 22.0. The second-order valence-corrected chi connectivity index (χ2v) is 8.53. The van der Waals surface area contributed by atoms with Crippen molar-refractivity contribution in [3.63, 3.8) is 0 Å². The molecule has 3 aromatic heterocycles. The molecule has 4 rings (SSSR count). The highest BCUT2D eigenvalue weighted by atomic mass is 16.1. The van der Waals surface area contributed by atoms with E-state index in [2.05, 4.69) is 21.4 Å². The molecule has 3 heterocycles. The second kappa shape index (κ2) is 8.85. The first-order valence-corrected chi connectivity index (χ1v) is 10.7. The first kappa shape index (κ1) is 22.2. The summed E-state index contributed by atoms with van der Waals surface area (Å²) < 4.78 is 3.19. The summed E-state index contributed by atoms with van der Waals surface area (Å²) in [6, 6.07) is 17.8. The van der Waals surface area contributed by atoms with Gasteiger partial charge in [0.25, 0.3) is 0 Å². The molecule has 0 amide bonds. The number of nitriles is 1. The Morgan fingerprint density at radius 3 is 2.45 bits per heavy atom. The number of aryl methyl sites for hydroxylation is 1. The van der Waals surface area contributed by atoms with E-state index >= 15 is 0 Å². The van der Waals surface area contributed by atoms with Crippen LogP contribution < -0.4 is 11.0 Å². The normalized spacial score (nSPS) is 11.4. The second-order valence-electron chi connectivity index (χ2n) is 8.53. The Balaban J connectivity index is 1.76. The summed E-state index contributed by atoms with van der Waals surface area (Å²) in [6.45, 7) is 4.46. The van der Waals surface area contributed by atoms with Gasteiger partial charge in [0.1, 0.15) is 0 Å². The molecule has 0 aliphatic rings. The highest BCUT2D eigenvalue weighted by molar-refractivity contribution is 5.69. The van der Waals surface area contributed by atoms with E-state index in [0.717, 1.165) is 28.1 Å². The van der Waals surface area contributed by atoms with Crippen LogP contribution in [0.1, 0.15) is 25.1 Å². The Bertz CT molecular complexity index is 1370. The average Bonchev–Trinajstić information content (AvgIpc) is 3.14. The van der Waals surface area contributed by atoms with Crippen molar-refractivity contribution in [1.29, 1.82) is 5.26 Å². The molecule has 0 spiro atoms. The molecule has 0 radical (unpaired) electrons. The minimum atomic E-state index is -0.602. The molecule has 33 heavy (non-hydrogen) atoms. The van der Waals surface area contributed by atoms with Gasteiger partial charge in [-0.05, 0) is 62.4 Å². The van der Waals surface area contributed by atoms with Crippen LogP contribution in [0.3, 0.4) is 0 Å². The number of benzene rings is 1. The lowest BCUT2D eigenvalue weighted by Crippen LogP contribution is -2.21. The van der Waals surface area contributed by atoms with Crippen LogP contribution in [0.4, 0.5) is 0 Å². The first-order valence-electron chi connectivity index (χ1n) is 10.7. The van der Waals surface area contributed by atoms with E-state index in [9.17, 15) is 10.1 Å². The van der Waals surface area contributed by atoms with Crippen molar-refractivity contribution in [2.24, 2.45) is 7.05 Å². The van der Waals surface area contributed by atoms with Crippen LogP contribution in [0.2, 0.25) is 0 Å². The number of nitrogens with one attached hydrogen (secondary N) is 1. The predicted molar refractivity (Wildman–Crippen MR) is 129 cm³/mol. The van der Waals surface area contributed by atoms with E-state index in [1.165, 1.54) is 0 Å². The maximum Gasteiger partial charge on any atom is 0.333 e. The smallest absolute Gasteiger partial charge is 0.314 e. The van der Waals surface area contributed by atoms with Crippen molar-refractivity contribution in [3.05, 3.63) is 88.9 Å². The lowest BCUT2D eigenvalue weighted by atomic mass is 9.86. The van der Waals surface area contributed by atoms with Gasteiger partial charge in [-0.1, -0.05) is 18.2 Å². The highest BCUT2D eigenvalue weighted by Gasteiger charge is 2.20. The Labute approximate surface area is 193 Å². The third-order valence-corrected chi connectivity index (χ3v) is 5.71. The van der Waals surface area contributed by atoms with Crippen LogP contribution in [-0.4, -0.2) is 26.1 Å². The molecule has 0 fully saturated rings. The van der Waals surface area contributed by atoms with Gasteiger partial charge in [-0.25, -0.2) is 4.79 Å². The van der Waals surface area contributed by atoms with E-state index in [1.54, 1.807) is 28.6 Å². The number of pyridine rings is 2. The summed E-state index contributed by atoms with van der Waals surface area (Å²) >= 11 is 0. The van der Waals surface area contributed by atoms with E-state index in [0.29, 0.717) is 17.9 Å². The van der Waals surface area contributed by atoms with Crippen LogP contribution in [-0.2, 0) is 19.0 Å². The van der Waals surface area contributed by atoms with Crippen LogP contribution in [0.5, 0.6) is 0 Å². The molecule has 0 aliphatic carbocycles. The van der Waals surface area contributed by atoms with Gasteiger partial charge in [-0.2, -0.15) is 5.26 Å². The molecule has 0 saturated heterocycles. The zero-order chi connectivity index (χ0) is 23.6. The Kier molecular flexibility index (Phi) is 5.95. The van der Waals surface area contributed by atoms with Crippen LogP contribution in [0, 0.1) is 11.3 Å². The quantitative estimate of drug-likeness (QED) is 0.494. The molecular formula is C26H26N6O. The SMILES string of the molecule is CNCc1ccc(-c2ccnc(-c3cn(C)c(=O)n3-c3ccc(C(C)(C)C#N)cc3)c2)cn1. The predicted octanol–water partition coefficient (Wildman–Crippen LogP) is 3.82. The fraction of sp³-hybridized carbons (Fsp3) is 0.231. The van der Waals surface area contributed by atoms with Gasteiger partial charge in [0.05, 0.1) is 34.3 Å². The van der Waals surface area contributed by atoms with Crippen molar-refractivity contribution in [2.45, 2.75) is 25.8 Å². The maximum absolute atomic E-state index is 13.0. The van der Waals surface area contributed by atoms with Crippen molar-refractivity contribution in [2.75, 3.05) is 7.05 Å². The van der Waals surface area contributed by atoms with Crippen molar-refractivity contribution in [1.82, 2.24) is 24.4 Å². The Morgan fingerprint density at radius 2 is 1.82 bits per heavy atom. The minimum absolute atomic E-state index is 0.164. The van der Waals surface area contributed by atoms with E-state index in [-0.39, 0.29) is 5.69 Å². The molecule has 166 valence electrons. The number of nitrogens with zero attached hydrogens (tertiary/aromatic N) is 5. The number of rotatable bonds is 6. The van der Waals surface area contributed by atoms with Gasteiger partial charge < -0.3 is 9.88 Å². The molecule has 1 aromatic carbocycles. The van der Waals surface area contributed by atoms with E-state index in [4.69, 9.17) is 0 Å². The molecule has 0 aliphatic heterocycles. The van der Waals surface area contributed by atoms with E-state index < -0.39 is 5.41 Å². The first-order chi connectivity index (χ1) is 15.8. The number of hydrogen-bond donors (Lipinski definition) is 1. The van der Waals surface area contributed by atoms with Gasteiger partial charge in [0.15, 0.2) is 0 Å². The third kappa shape index (κ3) is 4.34. The van der Waals surface area contributed by atoms with Crippen LogP contribution >= 0.6 is 0 Å². The van der Waals surface area contributed by atoms with Gasteiger partial charge in [-0.3, -0.25) is 14.5 Å². The summed E-state index contributed by atoms with van der Waals surface area (Å²) in [7, 11) is 3.62. The van der Waals surface area contributed by atoms with Gasteiger partial charge in [-0.15, -0.1) is 0 Å². The molecule has 7 heteroatoms. The van der Waals surface area contributed by atoms with Crippen molar-refractivity contribution >= 4 is 0 Å². The number of imidazole rings is 1. The largest absolute Gasteiger partial charge is 0.333 e. The maximum atomic E-state index is 13.0. The molecule has 1 N–H and O–H groups in total. The van der Waals surface area contributed by atoms with Gasteiger partial charge >= 0.3 is 5.69 Å². The van der Waals surface area contributed by atoms with Crippen LogP contribution in [0.15, 0.2) is 71.9 Å². The Morgan fingerprint density at radius 1 is 1.06 bits per heavy atom. The fourth-order valence-electron chi connectivity index (χ4n) is 3.71. The van der Waals surface area contributed by atoms with Crippen LogP contribution in [0.25, 0.3) is 28.2 Å². The monoisotopic (exact) mass is 438 g/mol. The topological polar surface area (TPSA) is 88.5 Å². The molecule has 0 saturated carbocycles. The van der Waals surface area contributed by atoms with E-state index in [1.807, 2.05) is 75.6 Å². The molecule has 0 unspecified atom stereocenters. The molecular weight excluding hydrogens is 412 g/mol. The average molecular weight is 439 g/mol. The summed E-state index contributed by atoms with van der Waals surface area (Å²) in [5.41, 5.74) is 5.15. The summed E-state index contributed by atoms with van der Waals surface area (Å²) in [5.74, 6) is 0. The lowest BCUT2D eigenvalue weighted by Gasteiger charge is -2.16. The molecule has 0 bridgehead atoms. The van der Waals surface area contributed by atoms with Gasteiger partial charge in [0.2, 0.25) is 0 Å². The summed E-state index contributed by atoms with van der Waals surface area (Å²) in [6.07, 6.45) is 5.38. The highest BCUT2D eigenvalue weighted by Crippen LogP contribution is 2.27. The fourth-order valence-corrected chi connectivity index (χ4v) is 3.71. The summed E-state index contributed by atoms with van der Waals surface area (Å²) in [5, 5.41) is 12.5. The Hall–Kier alpha value is -4.02. The minimum Gasteiger partial charge on any atom is -0.314 e. The molecule has 4 aromatic rings. The lowest BCUT2D eigenvalue weighted by molar-refractivity contribution is 0.686. The number of hydrogen-bond acceptors (Lipinski definition) is 5. The zero-order valence-corrected chi connectivity index (χ0v) is 19.2. The third-order valence-electron chi connectivity index (χ3n) is 5.71. The molecule has 7 nitrogen and oxygen atoms in total.